The number of rotatable bonds is 10. The zero-order valence-electron chi connectivity index (χ0n) is 20.8. The van der Waals surface area contributed by atoms with E-state index < -0.39 is 42.6 Å². The Kier molecular flexibility index (Phi) is 8.61. The second-order valence-corrected chi connectivity index (χ2v) is 9.24. The predicted octanol–water partition coefficient (Wildman–Crippen LogP) is 4.43. The molecule has 3 aromatic carbocycles. The molecule has 0 spiro atoms. The van der Waals surface area contributed by atoms with Crippen molar-refractivity contribution in [1.82, 2.24) is 0 Å². The third kappa shape index (κ3) is 6.44. The number of hydrogen-bond acceptors (Lipinski definition) is 7. The Morgan fingerprint density at radius 3 is 1.38 bits per heavy atom. The number of esters is 1. The number of ether oxygens (including phenoxy) is 6. The molecule has 2 aliphatic rings. The minimum atomic E-state index is -0.739. The minimum Gasteiger partial charge on any atom is -0.457 e. The highest BCUT2D eigenvalue weighted by Crippen LogP contribution is 2.37. The van der Waals surface area contributed by atoms with Crippen LogP contribution in [0.5, 0.6) is 0 Å². The number of hydrogen-bond donors (Lipinski definition) is 0. The van der Waals surface area contributed by atoms with E-state index >= 15 is 0 Å². The van der Waals surface area contributed by atoms with Crippen molar-refractivity contribution in [3.8, 4) is 0 Å². The molecule has 5 unspecified atom stereocenters. The van der Waals surface area contributed by atoms with Gasteiger partial charge in [0.1, 0.15) is 37.3 Å². The average molecular weight is 505 g/mol. The molecule has 37 heavy (non-hydrogen) atoms. The second-order valence-electron chi connectivity index (χ2n) is 9.24. The largest absolute Gasteiger partial charge is 0.457 e. The molecule has 2 bridgehead atoms. The summed E-state index contributed by atoms with van der Waals surface area (Å²) in [5.41, 5.74) is 3.04. The van der Waals surface area contributed by atoms with Crippen molar-refractivity contribution in [3.63, 3.8) is 0 Å². The fourth-order valence-electron chi connectivity index (χ4n) is 4.89. The van der Waals surface area contributed by atoms with Gasteiger partial charge in [-0.1, -0.05) is 91.0 Å². The first-order valence-electron chi connectivity index (χ1n) is 12.6. The summed E-state index contributed by atoms with van der Waals surface area (Å²) in [7, 11) is 0. The van der Waals surface area contributed by atoms with E-state index in [-0.39, 0.29) is 6.79 Å². The summed E-state index contributed by atoms with van der Waals surface area (Å²) in [6.45, 7) is 2.49. The van der Waals surface area contributed by atoms with Crippen LogP contribution in [0.15, 0.2) is 91.0 Å². The van der Waals surface area contributed by atoms with Crippen LogP contribution in [0.25, 0.3) is 0 Å². The third-order valence-corrected chi connectivity index (χ3v) is 6.62. The van der Waals surface area contributed by atoms with Crippen molar-refractivity contribution >= 4 is 5.97 Å². The van der Waals surface area contributed by atoms with Crippen LogP contribution in [0.2, 0.25) is 0 Å². The normalized spacial score (nSPS) is 26.9. The lowest BCUT2D eigenvalue weighted by Crippen LogP contribution is -2.70. The van der Waals surface area contributed by atoms with E-state index in [0.717, 1.165) is 16.7 Å². The van der Waals surface area contributed by atoms with E-state index in [9.17, 15) is 4.79 Å². The first-order chi connectivity index (χ1) is 18.2. The van der Waals surface area contributed by atoms with Gasteiger partial charge in [0.25, 0.3) is 0 Å². The molecule has 1 aliphatic carbocycles. The Morgan fingerprint density at radius 1 is 0.622 bits per heavy atom. The third-order valence-electron chi connectivity index (χ3n) is 6.62. The predicted molar refractivity (Wildman–Crippen MR) is 135 cm³/mol. The van der Waals surface area contributed by atoms with Gasteiger partial charge in [-0.3, -0.25) is 4.79 Å². The van der Waals surface area contributed by atoms with Crippen LogP contribution in [0.3, 0.4) is 0 Å². The number of benzene rings is 3. The summed E-state index contributed by atoms with van der Waals surface area (Å²) in [4.78, 5) is 12.2. The van der Waals surface area contributed by atoms with Crippen LogP contribution in [0.4, 0.5) is 0 Å². The van der Waals surface area contributed by atoms with Crippen molar-refractivity contribution in [1.29, 1.82) is 0 Å². The summed E-state index contributed by atoms with van der Waals surface area (Å²) in [6.07, 6.45) is -3.48. The SMILES string of the molecule is CC(=O)OC1C(OCc2ccccc2)C2OCO[C@@H](C2OCc2ccccc2)C1OCc1ccccc1. The molecule has 1 saturated heterocycles. The molecule has 7 nitrogen and oxygen atoms in total. The minimum absolute atomic E-state index is 0.0731. The van der Waals surface area contributed by atoms with E-state index in [1.807, 2.05) is 91.0 Å². The number of carbonyl (C=O) groups is 1. The summed E-state index contributed by atoms with van der Waals surface area (Å²) in [6, 6.07) is 29.6. The Labute approximate surface area is 217 Å². The van der Waals surface area contributed by atoms with Gasteiger partial charge >= 0.3 is 5.97 Å². The van der Waals surface area contributed by atoms with Gasteiger partial charge in [0, 0.05) is 6.92 Å². The maximum absolute atomic E-state index is 12.2. The molecule has 6 atom stereocenters. The molecule has 1 heterocycles. The van der Waals surface area contributed by atoms with Crippen molar-refractivity contribution in [2.75, 3.05) is 6.79 Å². The quantitative estimate of drug-likeness (QED) is 0.378. The molecular weight excluding hydrogens is 472 g/mol. The highest BCUT2D eigenvalue weighted by atomic mass is 16.7. The Morgan fingerprint density at radius 2 is 1.00 bits per heavy atom. The molecule has 0 N–H and O–H groups in total. The van der Waals surface area contributed by atoms with Gasteiger partial charge < -0.3 is 28.4 Å². The lowest BCUT2D eigenvalue weighted by Gasteiger charge is -2.51. The van der Waals surface area contributed by atoms with Gasteiger partial charge in [-0.15, -0.1) is 0 Å². The monoisotopic (exact) mass is 504 g/mol. The van der Waals surface area contributed by atoms with Crippen LogP contribution in [0, 0.1) is 0 Å². The van der Waals surface area contributed by atoms with Gasteiger partial charge in [0.15, 0.2) is 6.10 Å². The van der Waals surface area contributed by atoms with Gasteiger partial charge in [0.2, 0.25) is 0 Å². The fourth-order valence-corrected chi connectivity index (χ4v) is 4.89. The standard InChI is InChI=1S/C30H32O7/c1-21(31)37-30-28(33-18-23-13-7-3-8-14-23)26-25(32-17-22-11-5-2-6-12-22)27(36-20-35-26)29(30)34-19-24-15-9-4-10-16-24/h2-16,25-30H,17-20H2,1H3/t25?,26-,27?,28?,29?,30?/m0/s1. The van der Waals surface area contributed by atoms with E-state index in [1.54, 1.807) is 0 Å². The number of carbonyl (C=O) groups excluding carboxylic acids is 1. The molecule has 2 fully saturated rings. The molecule has 0 radical (unpaired) electrons. The van der Waals surface area contributed by atoms with Gasteiger partial charge in [-0.05, 0) is 16.7 Å². The van der Waals surface area contributed by atoms with Crippen LogP contribution in [-0.2, 0) is 53.0 Å². The topological polar surface area (TPSA) is 72.5 Å². The molecule has 5 rings (SSSR count). The van der Waals surface area contributed by atoms with E-state index in [0.29, 0.717) is 19.8 Å². The molecular formula is C30H32O7. The van der Waals surface area contributed by atoms with E-state index in [1.165, 1.54) is 6.92 Å². The van der Waals surface area contributed by atoms with Crippen molar-refractivity contribution in [2.45, 2.75) is 63.4 Å². The lowest BCUT2D eigenvalue weighted by atomic mass is 9.83. The second kappa shape index (κ2) is 12.4. The van der Waals surface area contributed by atoms with E-state index in [2.05, 4.69) is 0 Å². The van der Waals surface area contributed by atoms with Crippen LogP contribution in [-0.4, -0.2) is 49.4 Å². The highest BCUT2D eigenvalue weighted by molar-refractivity contribution is 5.66. The van der Waals surface area contributed by atoms with Crippen molar-refractivity contribution in [3.05, 3.63) is 108 Å². The molecule has 7 heteroatoms. The number of fused-ring (bicyclic) bond motifs is 2. The summed E-state index contributed by atoms with van der Waals surface area (Å²) in [5, 5.41) is 0. The maximum Gasteiger partial charge on any atom is 0.303 e. The molecule has 1 saturated carbocycles. The maximum atomic E-state index is 12.2. The summed E-state index contributed by atoms with van der Waals surface area (Å²) >= 11 is 0. The average Bonchev–Trinajstić information content (AvgIpc) is 2.93. The zero-order chi connectivity index (χ0) is 25.5. The zero-order valence-corrected chi connectivity index (χ0v) is 20.8. The smallest absolute Gasteiger partial charge is 0.303 e. The van der Waals surface area contributed by atoms with Gasteiger partial charge in [-0.25, -0.2) is 0 Å². The van der Waals surface area contributed by atoms with Gasteiger partial charge in [0.05, 0.1) is 19.8 Å². The molecule has 3 aromatic rings. The van der Waals surface area contributed by atoms with E-state index in [4.69, 9.17) is 28.4 Å². The first kappa shape index (κ1) is 25.6. The molecule has 1 aliphatic heterocycles. The molecule has 0 aromatic heterocycles. The van der Waals surface area contributed by atoms with Crippen LogP contribution < -0.4 is 0 Å². The lowest BCUT2D eigenvalue weighted by molar-refractivity contribution is -0.340. The van der Waals surface area contributed by atoms with Crippen molar-refractivity contribution < 1.29 is 33.2 Å². The Balaban J connectivity index is 1.42. The Bertz CT molecular complexity index is 1050. The fraction of sp³-hybridized carbons (Fsp3) is 0.367. The highest BCUT2D eigenvalue weighted by Gasteiger charge is 2.57. The van der Waals surface area contributed by atoms with Gasteiger partial charge in [-0.2, -0.15) is 0 Å². The summed E-state index contributed by atoms with van der Waals surface area (Å²) < 4.78 is 37.2. The van der Waals surface area contributed by atoms with Crippen molar-refractivity contribution in [2.24, 2.45) is 0 Å². The summed E-state index contributed by atoms with van der Waals surface area (Å²) in [5.74, 6) is -0.423. The first-order valence-corrected chi connectivity index (χ1v) is 12.6. The molecule has 194 valence electrons. The van der Waals surface area contributed by atoms with Crippen LogP contribution >= 0.6 is 0 Å². The van der Waals surface area contributed by atoms with Crippen LogP contribution in [0.1, 0.15) is 23.6 Å². The Hall–Kier alpha value is -3.07. The molecule has 0 amide bonds.